The number of halogens is 1. The molecule has 232 valence electrons. The molecule has 2 aromatic carbocycles. The van der Waals surface area contributed by atoms with Crippen LogP contribution in [0.25, 0.3) is 0 Å². The third kappa shape index (κ3) is 4.24. The molecule has 4 fully saturated rings. The highest BCUT2D eigenvalue weighted by atomic mass is 19.1. The van der Waals surface area contributed by atoms with E-state index in [1.54, 1.807) is 30.4 Å². The molecule has 4 N–H and O–H groups in total. The number of nitrogens with two attached hydrogens (primary N) is 1. The Labute approximate surface area is 255 Å². The monoisotopic (exact) mass is 603 g/mol. The Kier molecular flexibility index (Phi) is 6.90. The van der Waals surface area contributed by atoms with Gasteiger partial charge in [-0.15, -0.1) is 0 Å². The lowest BCUT2D eigenvalue weighted by atomic mass is 9.46. The summed E-state index contributed by atoms with van der Waals surface area (Å²) in [4.78, 5) is 25.9. The Morgan fingerprint density at radius 2 is 2.02 bits per heavy atom. The van der Waals surface area contributed by atoms with E-state index in [0.29, 0.717) is 17.7 Å². The van der Waals surface area contributed by atoms with Crippen LogP contribution in [-0.4, -0.2) is 46.2 Å². The van der Waals surface area contributed by atoms with Crippen LogP contribution < -0.4 is 10.5 Å². The van der Waals surface area contributed by atoms with E-state index in [1.807, 2.05) is 25.1 Å². The normalized spacial score (nSPS) is 38.8. The van der Waals surface area contributed by atoms with E-state index in [1.165, 1.54) is 12.1 Å². The zero-order valence-corrected chi connectivity index (χ0v) is 24.9. The van der Waals surface area contributed by atoms with Crippen molar-refractivity contribution in [2.75, 3.05) is 12.3 Å². The third-order valence-corrected chi connectivity index (χ3v) is 11.3. The molecular formula is C35H38FNO7. The molecule has 9 heteroatoms. The van der Waals surface area contributed by atoms with Crippen molar-refractivity contribution in [1.82, 2.24) is 0 Å². The highest BCUT2D eigenvalue weighted by Gasteiger charge is 2.75. The fourth-order valence-corrected chi connectivity index (χ4v) is 9.49. The van der Waals surface area contributed by atoms with Gasteiger partial charge < -0.3 is 30.2 Å². The summed E-state index contributed by atoms with van der Waals surface area (Å²) in [7, 11) is 0. The second-order valence-electron chi connectivity index (χ2n) is 13.6. The number of benzene rings is 2. The molecule has 0 aromatic heterocycles. The molecule has 4 aliphatic carbocycles. The summed E-state index contributed by atoms with van der Waals surface area (Å²) < 4.78 is 33.8. The lowest BCUT2D eigenvalue weighted by molar-refractivity contribution is -0.201. The van der Waals surface area contributed by atoms with Gasteiger partial charge in [0.25, 0.3) is 0 Å². The van der Waals surface area contributed by atoms with E-state index >= 15 is 0 Å². The van der Waals surface area contributed by atoms with Crippen molar-refractivity contribution in [2.24, 2.45) is 28.6 Å². The first-order valence-electron chi connectivity index (χ1n) is 15.4. The van der Waals surface area contributed by atoms with Gasteiger partial charge in [0.1, 0.15) is 24.8 Å². The zero-order valence-electron chi connectivity index (χ0n) is 24.9. The average Bonchev–Trinajstić information content (AvgIpc) is 3.49. The Morgan fingerprint density at radius 3 is 2.80 bits per heavy atom. The Hall–Kier alpha value is -3.37. The van der Waals surface area contributed by atoms with Crippen LogP contribution in [0.4, 0.5) is 10.1 Å². The molecule has 0 unspecified atom stereocenters. The molecule has 9 atom stereocenters. The quantitative estimate of drug-likeness (QED) is 0.409. The second-order valence-corrected chi connectivity index (χ2v) is 13.6. The van der Waals surface area contributed by atoms with Gasteiger partial charge in [0, 0.05) is 34.1 Å². The Balaban J connectivity index is 1.19. The molecule has 5 aliphatic rings. The highest BCUT2D eigenvalue weighted by Crippen LogP contribution is 2.70. The van der Waals surface area contributed by atoms with Gasteiger partial charge in [0.2, 0.25) is 0 Å². The summed E-state index contributed by atoms with van der Waals surface area (Å²) in [6.07, 6.45) is 4.95. The lowest BCUT2D eigenvalue weighted by Gasteiger charge is -2.59. The van der Waals surface area contributed by atoms with Crippen molar-refractivity contribution in [3.8, 4) is 5.75 Å². The van der Waals surface area contributed by atoms with Crippen LogP contribution in [0, 0.1) is 34.4 Å². The van der Waals surface area contributed by atoms with Crippen LogP contribution in [0.15, 0.2) is 66.3 Å². The van der Waals surface area contributed by atoms with Crippen LogP contribution in [-0.2, 0) is 25.7 Å². The number of aliphatic hydroxyl groups excluding tert-OH is 2. The van der Waals surface area contributed by atoms with Crippen molar-refractivity contribution in [1.29, 1.82) is 0 Å². The van der Waals surface area contributed by atoms with E-state index < -0.39 is 53.1 Å². The van der Waals surface area contributed by atoms with Gasteiger partial charge in [-0.1, -0.05) is 37.6 Å². The number of hydrogen-bond donors (Lipinski definition) is 3. The van der Waals surface area contributed by atoms with Gasteiger partial charge in [0.15, 0.2) is 23.5 Å². The first kappa shape index (κ1) is 29.3. The molecule has 8 nitrogen and oxygen atoms in total. The maximum atomic E-state index is 14.9. The number of anilines is 1. The number of aliphatic hydroxyl groups is 2. The van der Waals surface area contributed by atoms with Gasteiger partial charge in [-0.05, 0) is 79.5 Å². The number of rotatable bonds is 6. The number of Topliss-reactive ketones (excluding diaryl/α,β-unsaturated/α-hetero) is 1. The zero-order chi connectivity index (χ0) is 31.0. The molecule has 44 heavy (non-hydrogen) atoms. The molecule has 7 rings (SSSR count). The van der Waals surface area contributed by atoms with Crippen molar-refractivity contribution in [3.05, 3.63) is 83.2 Å². The SMILES string of the molecule is C[C@]12C=CC(=O)C=C1CC[C@@H]1[C@@H]2[C@@H](O)C[C@@]2(C)[C@H]1C[C@H]1O[C@H](c3cc(F)cc(OCc4cccc(N)c4)c3)O[C@]12C(=O)CO. The molecule has 0 radical (unpaired) electrons. The number of fused-ring (bicyclic) bond motifs is 7. The number of ether oxygens (including phenoxy) is 3. The summed E-state index contributed by atoms with van der Waals surface area (Å²) in [5.41, 5.74) is 5.86. The average molecular weight is 604 g/mol. The summed E-state index contributed by atoms with van der Waals surface area (Å²) in [6, 6.07) is 11.4. The van der Waals surface area contributed by atoms with Crippen LogP contribution in [0.1, 0.15) is 56.9 Å². The highest BCUT2D eigenvalue weighted by molar-refractivity contribution is 6.01. The maximum absolute atomic E-state index is 14.9. The standard InChI is InChI=1S/C35H38FNO7/c1-33-9-8-24(39)13-21(33)6-7-26-27-15-30-35(29(41)17-38,34(27,2)16-28(40)31(26)33)44-32(43-30)20-11-22(36)14-25(12-20)42-18-19-4-3-5-23(37)10-19/h3-5,8-14,26-28,30-32,38,40H,6-7,15-18,37H2,1-2H3/t26-,27-,28-,30+,31+,32-,33-,34-,35+/m0/s1. The van der Waals surface area contributed by atoms with Crippen molar-refractivity contribution >= 4 is 17.3 Å². The largest absolute Gasteiger partial charge is 0.489 e. The van der Waals surface area contributed by atoms with E-state index in [2.05, 4.69) is 6.92 Å². The number of hydrogen-bond acceptors (Lipinski definition) is 8. The summed E-state index contributed by atoms with van der Waals surface area (Å²) in [5, 5.41) is 22.0. The van der Waals surface area contributed by atoms with Crippen molar-refractivity contribution in [2.45, 2.75) is 70.2 Å². The van der Waals surface area contributed by atoms with Crippen molar-refractivity contribution in [3.63, 3.8) is 0 Å². The summed E-state index contributed by atoms with van der Waals surface area (Å²) in [6.45, 7) is 3.49. The van der Waals surface area contributed by atoms with Crippen molar-refractivity contribution < 1.29 is 38.4 Å². The number of allylic oxidation sites excluding steroid dienone is 4. The first-order valence-corrected chi connectivity index (χ1v) is 15.4. The molecular weight excluding hydrogens is 565 g/mol. The molecule has 0 amide bonds. The number of ketones is 2. The maximum Gasteiger partial charge on any atom is 0.193 e. The smallest absolute Gasteiger partial charge is 0.193 e. The second kappa shape index (κ2) is 10.3. The fourth-order valence-electron chi connectivity index (χ4n) is 9.49. The Bertz CT molecular complexity index is 1590. The van der Waals surface area contributed by atoms with Gasteiger partial charge in [0.05, 0.1) is 12.2 Å². The minimum Gasteiger partial charge on any atom is -0.489 e. The first-order chi connectivity index (χ1) is 21.0. The predicted octanol–water partition coefficient (Wildman–Crippen LogP) is 4.59. The minimum absolute atomic E-state index is 0.0301. The van der Waals surface area contributed by atoms with Gasteiger partial charge in [-0.3, -0.25) is 9.59 Å². The lowest BCUT2D eigenvalue weighted by Crippen LogP contribution is -2.63. The minimum atomic E-state index is -1.52. The summed E-state index contributed by atoms with van der Waals surface area (Å²) in [5.74, 6) is -0.930. The van der Waals surface area contributed by atoms with Crippen LogP contribution in [0.5, 0.6) is 5.75 Å². The Morgan fingerprint density at radius 1 is 1.20 bits per heavy atom. The van der Waals surface area contributed by atoms with E-state index in [9.17, 15) is 24.2 Å². The van der Waals surface area contributed by atoms with E-state index in [-0.39, 0.29) is 42.3 Å². The molecule has 0 bridgehead atoms. The molecule has 2 aromatic rings. The molecule has 1 aliphatic heterocycles. The van der Waals surface area contributed by atoms with Gasteiger partial charge >= 0.3 is 0 Å². The fraction of sp³-hybridized carbons (Fsp3) is 0.486. The van der Waals surface area contributed by atoms with E-state index in [0.717, 1.165) is 24.0 Å². The van der Waals surface area contributed by atoms with Crippen LogP contribution in [0.2, 0.25) is 0 Å². The van der Waals surface area contributed by atoms with Crippen LogP contribution in [0.3, 0.4) is 0 Å². The number of nitrogen functional groups attached to an aromatic ring is 1. The number of carbonyl (C=O) groups is 2. The van der Waals surface area contributed by atoms with Gasteiger partial charge in [-0.2, -0.15) is 0 Å². The van der Waals surface area contributed by atoms with E-state index in [4.69, 9.17) is 19.9 Å². The molecule has 1 saturated heterocycles. The number of carbonyl (C=O) groups excluding carboxylic acids is 2. The molecule has 1 heterocycles. The van der Waals surface area contributed by atoms with Crippen LogP contribution >= 0.6 is 0 Å². The predicted molar refractivity (Wildman–Crippen MR) is 158 cm³/mol. The molecule has 0 spiro atoms. The summed E-state index contributed by atoms with van der Waals surface area (Å²) >= 11 is 0. The topological polar surface area (TPSA) is 128 Å². The van der Waals surface area contributed by atoms with Gasteiger partial charge in [-0.25, -0.2) is 4.39 Å². The molecule has 3 saturated carbocycles. The third-order valence-electron chi connectivity index (χ3n) is 11.3.